The molecule has 0 spiro atoms. The van der Waals surface area contributed by atoms with Crippen LogP contribution in [0.25, 0.3) is 11.0 Å². The Balaban J connectivity index is 2.12. The molecule has 0 aliphatic carbocycles. The minimum absolute atomic E-state index is 0.275. The van der Waals surface area contributed by atoms with E-state index >= 15 is 0 Å². The number of nitrogens with zero attached hydrogens (tertiary/aromatic N) is 2. The number of aromatic nitrogens is 2. The molecule has 1 aromatic carbocycles. The lowest BCUT2D eigenvalue weighted by molar-refractivity contribution is 0.0367. The largest absolute Gasteiger partial charge is 0.339 e. The summed E-state index contributed by atoms with van der Waals surface area (Å²) in [5.41, 5.74) is 3.62. The average molecular weight is 454 g/mol. The summed E-state index contributed by atoms with van der Waals surface area (Å²) in [6, 6.07) is 8.37. The highest BCUT2D eigenvalue weighted by atomic mass is 127. The smallest absolute Gasteiger partial charge is 0.279 e. The first-order chi connectivity index (χ1) is 12.0. The third-order valence-electron chi connectivity index (χ3n) is 3.67. The lowest BCUT2D eigenvalue weighted by Crippen LogP contribution is -2.24. The number of carbonyl (C=O) groups excluding carboxylic acids is 1. The fraction of sp³-hybridized carbons (Fsp3) is 0.176. The number of anilines is 2. The zero-order valence-electron chi connectivity index (χ0n) is 13.6. The number of carbonyl (C=O) groups is 1. The van der Waals surface area contributed by atoms with Gasteiger partial charge in [-0.3, -0.25) is 9.63 Å². The van der Waals surface area contributed by atoms with Crippen LogP contribution in [0.15, 0.2) is 36.5 Å². The van der Waals surface area contributed by atoms with Crippen LogP contribution in [0.5, 0.6) is 0 Å². The van der Waals surface area contributed by atoms with Crippen LogP contribution in [0.2, 0.25) is 0 Å². The van der Waals surface area contributed by atoms with Crippen molar-refractivity contribution in [1.29, 1.82) is 0 Å². The van der Waals surface area contributed by atoms with Crippen LogP contribution in [0.3, 0.4) is 0 Å². The zero-order chi connectivity index (χ0) is 18.0. The SMILES string of the molecule is CCONC(=O)c1c(Nc2ccc(I)cc2F)n(C)c2ncccc12. The van der Waals surface area contributed by atoms with Gasteiger partial charge in [0.05, 0.1) is 17.9 Å². The van der Waals surface area contributed by atoms with Crippen molar-refractivity contribution < 1.29 is 14.0 Å². The molecule has 2 heterocycles. The first kappa shape index (κ1) is 17.6. The number of hydrogen-bond donors (Lipinski definition) is 2. The topological polar surface area (TPSA) is 68.2 Å². The third-order valence-corrected chi connectivity index (χ3v) is 4.34. The summed E-state index contributed by atoms with van der Waals surface area (Å²) >= 11 is 2.04. The summed E-state index contributed by atoms with van der Waals surface area (Å²) in [7, 11) is 1.76. The van der Waals surface area contributed by atoms with Gasteiger partial charge in [0.15, 0.2) is 0 Å². The summed E-state index contributed by atoms with van der Waals surface area (Å²) in [5.74, 6) is -0.388. The monoisotopic (exact) mass is 454 g/mol. The molecule has 0 aliphatic rings. The highest BCUT2D eigenvalue weighted by Gasteiger charge is 2.23. The molecule has 3 aromatic rings. The van der Waals surface area contributed by atoms with Gasteiger partial charge >= 0.3 is 0 Å². The van der Waals surface area contributed by atoms with E-state index in [2.05, 4.69) is 15.8 Å². The number of fused-ring (bicyclic) bond motifs is 1. The third kappa shape index (κ3) is 3.45. The Labute approximate surface area is 157 Å². The summed E-state index contributed by atoms with van der Waals surface area (Å²) in [4.78, 5) is 21.9. The highest BCUT2D eigenvalue weighted by Crippen LogP contribution is 2.31. The standard InChI is InChI=1S/C17H16FIN4O2/c1-3-25-22-17(24)14-11-5-4-8-20-15(11)23(2)16(14)21-13-7-6-10(19)9-12(13)18/h4-9,21H,3H2,1-2H3,(H,22,24). The number of benzene rings is 1. The second-order valence-electron chi connectivity index (χ2n) is 5.27. The molecule has 0 saturated carbocycles. The second kappa shape index (κ2) is 7.36. The maximum absolute atomic E-state index is 14.2. The molecule has 3 rings (SSSR count). The first-order valence-electron chi connectivity index (χ1n) is 7.60. The van der Waals surface area contributed by atoms with E-state index in [0.29, 0.717) is 29.0 Å². The maximum Gasteiger partial charge on any atom is 0.279 e. The number of nitrogens with one attached hydrogen (secondary N) is 2. The molecule has 0 bridgehead atoms. The van der Waals surface area contributed by atoms with Crippen LogP contribution in [-0.2, 0) is 11.9 Å². The molecular weight excluding hydrogens is 438 g/mol. The van der Waals surface area contributed by atoms with Crippen LogP contribution in [0.1, 0.15) is 17.3 Å². The predicted molar refractivity (Wildman–Crippen MR) is 102 cm³/mol. The van der Waals surface area contributed by atoms with Crippen molar-refractivity contribution >= 4 is 51.0 Å². The van der Waals surface area contributed by atoms with Crippen molar-refractivity contribution in [3.63, 3.8) is 0 Å². The lowest BCUT2D eigenvalue weighted by atomic mass is 10.2. The number of aryl methyl sites for hydroxylation is 1. The summed E-state index contributed by atoms with van der Waals surface area (Å²) < 4.78 is 16.7. The molecule has 8 heteroatoms. The van der Waals surface area contributed by atoms with Gasteiger partial charge in [-0.1, -0.05) is 0 Å². The molecule has 0 radical (unpaired) electrons. The highest BCUT2D eigenvalue weighted by molar-refractivity contribution is 14.1. The second-order valence-corrected chi connectivity index (χ2v) is 6.52. The van der Waals surface area contributed by atoms with Crippen LogP contribution in [-0.4, -0.2) is 22.1 Å². The van der Waals surface area contributed by atoms with E-state index in [1.165, 1.54) is 6.07 Å². The predicted octanol–water partition coefficient (Wildman–Crippen LogP) is 3.74. The van der Waals surface area contributed by atoms with E-state index in [9.17, 15) is 9.18 Å². The molecule has 2 aromatic heterocycles. The lowest BCUT2D eigenvalue weighted by Gasteiger charge is -2.12. The van der Waals surface area contributed by atoms with Gasteiger partial charge in [0.2, 0.25) is 0 Å². The molecule has 0 atom stereocenters. The van der Waals surface area contributed by atoms with Gasteiger partial charge in [-0.15, -0.1) is 0 Å². The normalized spacial score (nSPS) is 10.9. The van der Waals surface area contributed by atoms with Gasteiger partial charge in [0, 0.05) is 22.2 Å². The van der Waals surface area contributed by atoms with E-state index in [0.717, 1.165) is 3.57 Å². The molecule has 0 unspecified atom stereocenters. The van der Waals surface area contributed by atoms with Gasteiger partial charge in [-0.05, 0) is 59.8 Å². The van der Waals surface area contributed by atoms with Gasteiger partial charge in [-0.2, -0.15) is 0 Å². The summed E-state index contributed by atoms with van der Waals surface area (Å²) in [6.07, 6.45) is 1.64. The Morgan fingerprint density at radius 1 is 1.40 bits per heavy atom. The Bertz CT molecular complexity index is 942. The van der Waals surface area contributed by atoms with Gasteiger partial charge in [0.1, 0.15) is 17.3 Å². The van der Waals surface area contributed by atoms with Crippen molar-refractivity contribution in [1.82, 2.24) is 15.0 Å². The van der Waals surface area contributed by atoms with E-state index in [4.69, 9.17) is 4.84 Å². The van der Waals surface area contributed by atoms with E-state index in [1.807, 2.05) is 22.6 Å². The fourth-order valence-electron chi connectivity index (χ4n) is 2.54. The van der Waals surface area contributed by atoms with E-state index in [1.54, 1.807) is 49.0 Å². The van der Waals surface area contributed by atoms with Crippen molar-refractivity contribution in [3.05, 3.63) is 51.5 Å². The van der Waals surface area contributed by atoms with E-state index in [-0.39, 0.29) is 5.69 Å². The van der Waals surface area contributed by atoms with Gasteiger partial charge < -0.3 is 9.88 Å². The van der Waals surface area contributed by atoms with Crippen molar-refractivity contribution in [2.24, 2.45) is 7.05 Å². The van der Waals surface area contributed by atoms with Crippen LogP contribution < -0.4 is 10.8 Å². The van der Waals surface area contributed by atoms with Gasteiger partial charge in [0.25, 0.3) is 5.91 Å². The number of amides is 1. The average Bonchev–Trinajstić information content (AvgIpc) is 2.88. The molecule has 0 aliphatic heterocycles. The minimum atomic E-state index is -0.422. The zero-order valence-corrected chi connectivity index (χ0v) is 15.8. The molecule has 2 N–H and O–H groups in total. The molecule has 130 valence electrons. The first-order valence-corrected chi connectivity index (χ1v) is 8.68. The number of pyridine rings is 1. The Morgan fingerprint density at radius 2 is 2.20 bits per heavy atom. The number of hydrogen-bond acceptors (Lipinski definition) is 4. The molecule has 0 fully saturated rings. The Kier molecular flexibility index (Phi) is 5.19. The Morgan fingerprint density at radius 3 is 2.92 bits per heavy atom. The summed E-state index contributed by atoms with van der Waals surface area (Å²) in [5, 5.41) is 3.66. The van der Waals surface area contributed by atoms with Crippen molar-refractivity contribution in [3.8, 4) is 0 Å². The quantitative estimate of drug-likeness (QED) is 0.456. The fourth-order valence-corrected chi connectivity index (χ4v) is 3.00. The minimum Gasteiger partial charge on any atom is -0.339 e. The molecule has 1 amide bonds. The molecule has 0 saturated heterocycles. The summed E-state index contributed by atoms with van der Waals surface area (Å²) in [6.45, 7) is 2.11. The number of rotatable bonds is 5. The van der Waals surface area contributed by atoms with Crippen LogP contribution in [0, 0.1) is 9.39 Å². The molecule has 6 nitrogen and oxygen atoms in total. The van der Waals surface area contributed by atoms with Crippen LogP contribution >= 0.6 is 22.6 Å². The van der Waals surface area contributed by atoms with Gasteiger partial charge in [-0.25, -0.2) is 14.9 Å². The molecule has 25 heavy (non-hydrogen) atoms. The molecular formula is C17H16FIN4O2. The van der Waals surface area contributed by atoms with E-state index < -0.39 is 11.7 Å². The van der Waals surface area contributed by atoms with Crippen molar-refractivity contribution in [2.75, 3.05) is 11.9 Å². The Hall–Kier alpha value is -2.20. The maximum atomic E-state index is 14.2. The number of halogens is 2. The van der Waals surface area contributed by atoms with Crippen LogP contribution in [0.4, 0.5) is 15.9 Å². The number of hydroxylamine groups is 1. The van der Waals surface area contributed by atoms with Crippen molar-refractivity contribution in [2.45, 2.75) is 6.92 Å².